The first-order valence-corrected chi connectivity index (χ1v) is 13.9. The van der Waals surface area contributed by atoms with Crippen LogP contribution in [-0.2, 0) is 33.4 Å². The monoisotopic (exact) mass is 554 g/mol. The molecular formula is C32H42O8. The van der Waals surface area contributed by atoms with Crippen molar-refractivity contribution in [2.75, 3.05) is 6.61 Å². The predicted molar refractivity (Wildman–Crippen MR) is 151 cm³/mol. The number of hydrogen-bond acceptors (Lipinski definition) is 8. The van der Waals surface area contributed by atoms with Crippen LogP contribution in [0.1, 0.15) is 67.2 Å². The second-order valence-electron chi connectivity index (χ2n) is 10.5. The van der Waals surface area contributed by atoms with Crippen molar-refractivity contribution in [1.82, 2.24) is 0 Å². The minimum atomic E-state index is -0.843. The summed E-state index contributed by atoms with van der Waals surface area (Å²) in [5, 5.41) is 0. The van der Waals surface area contributed by atoms with E-state index in [2.05, 4.69) is 0 Å². The van der Waals surface area contributed by atoms with E-state index in [1.54, 1.807) is 47.6 Å². The molecule has 8 heteroatoms. The lowest BCUT2D eigenvalue weighted by Crippen LogP contribution is -2.35. The summed E-state index contributed by atoms with van der Waals surface area (Å²) in [4.78, 5) is 50.2. The molecule has 0 radical (unpaired) electrons. The molecule has 2 aromatic carbocycles. The van der Waals surface area contributed by atoms with Crippen molar-refractivity contribution in [1.29, 1.82) is 0 Å². The fourth-order valence-corrected chi connectivity index (χ4v) is 4.08. The normalized spacial score (nSPS) is 13.3. The summed E-state index contributed by atoms with van der Waals surface area (Å²) in [7, 11) is 0. The van der Waals surface area contributed by atoms with Crippen LogP contribution in [0.3, 0.4) is 0 Å². The molecule has 0 saturated heterocycles. The highest BCUT2D eigenvalue weighted by molar-refractivity contribution is 5.83. The molecule has 0 aliphatic heterocycles. The van der Waals surface area contributed by atoms with Gasteiger partial charge in [-0.15, -0.1) is 0 Å². The van der Waals surface area contributed by atoms with E-state index in [0.717, 1.165) is 11.1 Å². The Morgan fingerprint density at radius 2 is 1.30 bits per heavy atom. The second kappa shape index (κ2) is 16.4. The van der Waals surface area contributed by atoms with Gasteiger partial charge < -0.3 is 18.9 Å². The van der Waals surface area contributed by atoms with E-state index in [4.69, 9.17) is 18.9 Å². The minimum Gasteiger partial charge on any atom is -0.465 e. The maximum absolute atomic E-state index is 12.7. The molecule has 0 fully saturated rings. The molecule has 0 N–H and O–H groups in total. The highest BCUT2D eigenvalue weighted by Crippen LogP contribution is 2.30. The molecule has 3 unspecified atom stereocenters. The molecule has 2 aromatic rings. The van der Waals surface area contributed by atoms with Gasteiger partial charge in [-0.2, -0.15) is 0 Å². The Labute approximate surface area is 237 Å². The molecule has 0 bridgehead atoms. The number of hydrogen-bond donors (Lipinski definition) is 0. The van der Waals surface area contributed by atoms with Gasteiger partial charge in [0.15, 0.2) is 0 Å². The van der Waals surface area contributed by atoms with E-state index in [9.17, 15) is 19.2 Å². The molecule has 2 rings (SSSR count). The third kappa shape index (κ3) is 10.8. The fourth-order valence-electron chi connectivity index (χ4n) is 4.08. The van der Waals surface area contributed by atoms with E-state index in [0.29, 0.717) is 18.6 Å². The molecule has 8 nitrogen and oxygen atoms in total. The Hall–Kier alpha value is -3.68. The largest absolute Gasteiger partial charge is 0.465 e. The summed E-state index contributed by atoms with van der Waals surface area (Å²) in [6, 6.07) is 17.1. The molecule has 0 heterocycles. The average molecular weight is 555 g/mol. The molecule has 0 saturated carbocycles. The van der Waals surface area contributed by atoms with Gasteiger partial charge in [0.1, 0.15) is 5.75 Å². The van der Waals surface area contributed by atoms with Gasteiger partial charge in [-0.1, -0.05) is 62.4 Å². The number of esters is 4. The molecule has 0 aliphatic rings. The molecule has 0 aromatic heterocycles. The van der Waals surface area contributed by atoms with Crippen LogP contribution in [0.25, 0.3) is 11.1 Å². The highest BCUT2D eigenvalue weighted by atomic mass is 16.6. The van der Waals surface area contributed by atoms with Crippen LogP contribution in [0.4, 0.5) is 0 Å². The first-order chi connectivity index (χ1) is 19.0. The molecule has 0 aliphatic carbocycles. The van der Waals surface area contributed by atoms with E-state index in [-0.39, 0.29) is 37.6 Å². The maximum Gasteiger partial charge on any atom is 0.311 e. The average Bonchev–Trinajstić information content (AvgIpc) is 2.90. The Balaban J connectivity index is 1.82. The third-order valence-electron chi connectivity index (χ3n) is 6.21. The Morgan fingerprint density at radius 3 is 1.95 bits per heavy atom. The van der Waals surface area contributed by atoms with E-state index in [1.165, 1.54) is 0 Å². The number of rotatable bonds is 15. The number of para-hydroxylation sites is 1. The molecule has 3 atom stereocenters. The van der Waals surface area contributed by atoms with Crippen LogP contribution in [-0.4, -0.2) is 42.7 Å². The van der Waals surface area contributed by atoms with Crippen LogP contribution in [0.5, 0.6) is 5.75 Å². The lowest BCUT2D eigenvalue weighted by atomic mass is 9.85. The van der Waals surface area contributed by atoms with Crippen LogP contribution in [0.15, 0.2) is 54.6 Å². The van der Waals surface area contributed by atoms with Gasteiger partial charge in [0.2, 0.25) is 0 Å². The summed E-state index contributed by atoms with van der Waals surface area (Å²) >= 11 is 0. The topological polar surface area (TPSA) is 105 Å². The van der Waals surface area contributed by atoms with Crippen LogP contribution in [0, 0.1) is 17.8 Å². The number of unbranched alkanes of at least 4 members (excludes halogenated alkanes) is 1. The minimum absolute atomic E-state index is 0.0892. The smallest absolute Gasteiger partial charge is 0.311 e. The van der Waals surface area contributed by atoms with Crippen molar-refractivity contribution >= 4 is 23.9 Å². The van der Waals surface area contributed by atoms with Crippen molar-refractivity contribution in [2.45, 2.75) is 79.4 Å². The van der Waals surface area contributed by atoms with Gasteiger partial charge in [0.05, 0.1) is 36.6 Å². The van der Waals surface area contributed by atoms with Crippen molar-refractivity contribution in [3.05, 3.63) is 54.6 Å². The van der Waals surface area contributed by atoms with E-state index >= 15 is 0 Å². The maximum atomic E-state index is 12.7. The fraction of sp³-hybridized carbons (Fsp3) is 0.500. The zero-order chi connectivity index (χ0) is 29.7. The Morgan fingerprint density at radius 1 is 0.700 bits per heavy atom. The third-order valence-corrected chi connectivity index (χ3v) is 6.21. The molecule has 218 valence electrons. The summed E-state index contributed by atoms with van der Waals surface area (Å²) in [6.45, 7) is 10.3. The second-order valence-corrected chi connectivity index (χ2v) is 10.5. The predicted octanol–water partition coefficient (Wildman–Crippen LogP) is 6.15. The van der Waals surface area contributed by atoms with Gasteiger partial charge in [0.25, 0.3) is 0 Å². The van der Waals surface area contributed by atoms with Gasteiger partial charge in [-0.05, 0) is 58.6 Å². The zero-order valence-corrected chi connectivity index (χ0v) is 24.4. The van der Waals surface area contributed by atoms with E-state index < -0.39 is 35.7 Å². The van der Waals surface area contributed by atoms with Crippen molar-refractivity contribution in [3.8, 4) is 16.9 Å². The van der Waals surface area contributed by atoms with Crippen LogP contribution >= 0.6 is 0 Å². The SMILES string of the molecule is CC(C)OC(=O)C(C)C(CC(C)C(=O)OCCCCC(=O)Oc1ccccc1-c1ccccc1)C(=O)OC(C)C. The summed E-state index contributed by atoms with van der Waals surface area (Å²) in [6.07, 6.45) is 0.541. The number of benzene rings is 2. The number of carbonyl (C=O) groups is 4. The van der Waals surface area contributed by atoms with Gasteiger partial charge in [-0.3, -0.25) is 19.2 Å². The van der Waals surface area contributed by atoms with Gasteiger partial charge in [-0.25, -0.2) is 0 Å². The van der Waals surface area contributed by atoms with Gasteiger partial charge >= 0.3 is 23.9 Å². The van der Waals surface area contributed by atoms with Crippen LogP contribution in [0.2, 0.25) is 0 Å². The molecule has 0 amide bonds. The zero-order valence-electron chi connectivity index (χ0n) is 24.4. The number of carbonyl (C=O) groups excluding carboxylic acids is 4. The summed E-state index contributed by atoms with van der Waals surface area (Å²) in [5.74, 6) is -3.67. The standard InChI is InChI=1S/C32H42O8/c1-21(2)38-31(35)24(6)27(32(36)39-22(3)4)20-23(5)30(34)37-19-13-12-18-29(33)40-28-17-11-10-16-26(28)25-14-8-7-9-15-25/h7-11,14-17,21-24,27H,12-13,18-20H2,1-6H3. The highest BCUT2D eigenvalue weighted by Gasteiger charge is 2.36. The van der Waals surface area contributed by atoms with Crippen LogP contribution < -0.4 is 4.74 Å². The van der Waals surface area contributed by atoms with Crippen molar-refractivity contribution < 1.29 is 38.1 Å². The number of ether oxygens (including phenoxy) is 4. The summed E-state index contributed by atoms with van der Waals surface area (Å²) < 4.78 is 21.6. The van der Waals surface area contributed by atoms with E-state index in [1.807, 2.05) is 48.5 Å². The quantitative estimate of drug-likeness (QED) is 0.112. The molecule has 0 spiro atoms. The van der Waals surface area contributed by atoms with Crippen molar-refractivity contribution in [3.63, 3.8) is 0 Å². The molecular weight excluding hydrogens is 512 g/mol. The first kappa shape index (κ1) is 32.5. The molecule has 40 heavy (non-hydrogen) atoms. The van der Waals surface area contributed by atoms with Crippen molar-refractivity contribution in [2.24, 2.45) is 17.8 Å². The first-order valence-electron chi connectivity index (χ1n) is 13.9. The lowest BCUT2D eigenvalue weighted by Gasteiger charge is -2.25. The lowest BCUT2D eigenvalue weighted by molar-refractivity contribution is -0.166. The summed E-state index contributed by atoms with van der Waals surface area (Å²) in [5.41, 5.74) is 1.79. The van der Waals surface area contributed by atoms with Gasteiger partial charge in [0, 0.05) is 12.0 Å². The Bertz CT molecular complexity index is 1110. The Kier molecular flexibility index (Phi) is 13.4.